The lowest BCUT2D eigenvalue weighted by atomic mass is 10.1. The summed E-state index contributed by atoms with van der Waals surface area (Å²) in [4.78, 5) is 32.2. The van der Waals surface area contributed by atoms with E-state index in [1.807, 2.05) is 50.2 Å². The number of aromatic nitrogens is 1. The smallest absolute Gasteiger partial charge is 0.281 e. The largest absolute Gasteiger partial charge is 0.494 e. The summed E-state index contributed by atoms with van der Waals surface area (Å²) in [5.74, 6) is -1.05. The number of ether oxygens (including phenoxy) is 1. The first-order chi connectivity index (χ1) is 19.1. The number of halogens is 1. The van der Waals surface area contributed by atoms with Crippen LogP contribution in [-0.4, -0.2) is 57.4 Å². The van der Waals surface area contributed by atoms with Crippen LogP contribution < -0.4 is 20.1 Å². The Bertz CT molecular complexity index is 1520. The van der Waals surface area contributed by atoms with E-state index in [4.69, 9.17) is 16.3 Å². The Morgan fingerprint density at radius 3 is 2.52 bits per heavy atom. The van der Waals surface area contributed by atoms with Gasteiger partial charge >= 0.3 is 0 Å². The molecule has 10 nitrogen and oxygen atoms in total. The SMILES string of the molecule is C/C=N\C=C(/NC)C(=O)NCCS(=O)(=O)NC(=O)c1[nH]c2ccccc2c1CCCOc1cc(C)c(Cl)c(C)c1. The van der Waals surface area contributed by atoms with Gasteiger partial charge in [0.1, 0.15) is 17.1 Å². The molecule has 1 heterocycles. The molecule has 0 spiro atoms. The van der Waals surface area contributed by atoms with Gasteiger partial charge in [0.05, 0.1) is 18.6 Å². The molecule has 0 atom stereocenters. The van der Waals surface area contributed by atoms with Crippen molar-refractivity contribution >= 4 is 50.6 Å². The molecular weight excluding hydrogens is 554 g/mol. The monoisotopic (exact) mass is 587 g/mol. The number of benzene rings is 2. The minimum absolute atomic E-state index is 0.171. The maximum atomic E-state index is 13.1. The fraction of sp³-hybridized carbons (Fsp3) is 0.321. The van der Waals surface area contributed by atoms with Gasteiger partial charge in [0.25, 0.3) is 11.8 Å². The highest BCUT2D eigenvalue weighted by Gasteiger charge is 2.22. The van der Waals surface area contributed by atoms with Crippen LogP contribution in [-0.2, 0) is 21.2 Å². The zero-order valence-corrected chi connectivity index (χ0v) is 24.5. The van der Waals surface area contributed by atoms with Crippen molar-refractivity contribution in [2.75, 3.05) is 26.0 Å². The summed E-state index contributed by atoms with van der Waals surface area (Å²) in [7, 11) is -2.49. The number of carbonyl (C=O) groups is 2. The summed E-state index contributed by atoms with van der Waals surface area (Å²) in [5.41, 5.74) is 3.62. The fourth-order valence-corrected chi connectivity index (χ4v) is 5.07. The molecule has 4 N–H and O–H groups in total. The number of amides is 2. The van der Waals surface area contributed by atoms with Gasteiger partial charge in [0.15, 0.2) is 0 Å². The number of likely N-dealkylation sites (N-methyl/N-ethyl adjacent to an activating group) is 1. The summed E-state index contributed by atoms with van der Waals surface area (Å²) >= 11 is 6.24. The van der Waals surface area contributed by atoms with Crippen molar-refractivity contribution in [2.24, 2.45) is 4.99 Å². The van der Waals surface area contributed by atoms with Gasteiger partial charge in [-0.05, 0) is 68.5 Å². The summed E-state index contributed by atoms with van der Waals surface area (Å²) < 4.78 is 33.3. The number of hydrogen-bond donors (Lipinski definition) is 4. The van der Waals surface area contributed by atoms with E-state index in [0.29, 0.717) is 35.8 Å². The molecule has 40 heavy (non-hydrogen) atoms. The number of aromatic amines is 1. The molecule has 0 unspecified atom stereocenters. The number of aliphatic imine (C=N–C) groups is 1. The summed E-state index contributed by atoms with van der Waals surface area (Å²) in [6.45, 7) is 5.73. The maximum absolute atomic E-state index is 13.1. The van der Waals surface area contributed by atoms with Crippen molar-refractivity contribution in [3.05, 3.63) is 75.7 Å². The molecule has 0 radical (unpaired) electrons. The molecule has 0 bridgehead atoms. The Morgan fingerprint density at radius 2 is 1.85 bits per heavy atom. The molecule has 0 aliphatic carbocycles. The van der Waals surface area contributed by atoms with Gasteiger partial charge in [0.2, 0.25) is 10.0 Å². The van der Waals surface area contributed by atoms with E-state index in [-0.39, 0.29) is 17.9 Å². The lowest BCUT2D eigenvalue weighted by Crippen LogP contribution is -2.39. The number of hydrogen-bond acceptors (Lipinski definition) is 7. The van der Waals surface area contributed by atoms with Gasteiger partial charge < -0.3 is 20.4 Å². The van der Waals surface area contributed by atoms with Crippen LogP contribution in [0.3, 0.4) is 0 Å². The molecule has 2 amide bonds. The molecular formula is C28H34ClN5O5S. The van der Waals surface area contributed by atoms with Crippen LogP contribution >= 0.6 is 11.6 Å². The second kappa shape index (κ2) is 14.0. The number of fused-ring (bicyclic) bond motifs is 1. The van der Waals surface area contributed by atoms with Crippen LogP contribution in [0.15, 0.2) is 53.3 Å². The van der Waals surface area contributed by atoms with Crippen molar-refractivity contribution in [1.82, 2.24) is 20.3 Å². The van der Waals surface area contributed by atoms with Crippen LogP contribution in [0, 0.1) is 13.8 Å². The molecule has 3 rings (SSSR count). The molecule has 0 fully saturated rings. The molecule has 2 aromatic carbocycles. The van der Waals surface area contributed by atoms with Crippen molar-refractivity contribution in [3.8, 4) is 5.75 Å². The third-order valence-corrected chi connectivity index (χ3v) is 7.90. The van der Waals surface area contributed by atoms with Crippen molar-refractivity contribution in [2.45, 2.75) is 33.6 Å². The van der Waals surface area contributed by atoms with Gasteiger partial charge in [0, 0.05) is 35.7 Å². The molecule has 0 aliphatic rings. The average Bonchev–Trinajstić information content (AvgIpc) is 3.28. The van der Waals surface area contributed by atoms with Crippen LogP contribution in [0.4, 0.5) is 0 Å². The van der Waals surface area contributed by atoms with Gasteiger partial charge in [-0.1, -0.05) is 29.8 Å². The molecule has 0 saturated heterocycles. The summed E-state index contributed by atoms with van der Waals surface area (Å²) in [6, 6.07) is 11.1. The molecule has 0 saturated carbocycles. The topological polar surface area (TPSA) is 142 Å². The van der Waals surface area contributed by atoms with Crippen LogP contribution in [0.5, 0.6) is 5.75 Å². The minimum Gasteiger partial charge on any atom is -0.494 e. The predicted octanol–water partition coefficient (Wildman–Crippen LogP) is 3.78. The number of sulfonamides is 1. The minimum atomic E-state index is -4.04. The summed E-state index contributed by atoms with van der Waals surface area (Å²) in [5, 5.41) is 6.73. The Labute approximate surface area is 239 Å². The number of para-hydroxylation sites is 1. The first-order valence-electron chi connectivity index (χ1n) is 12.7. The van der Waals surface area contributed by atoms with Crippen LogP contribution in [0.25, 0.3) is 10.9 Å². The highest BCUT2D eigenvalue weighted by Crippen LogP contribution is 2.27. The normalized spacial score (nSPS) is 12.1. The highest BCUT2D eigenvalue weighted by molar-refractivity contribution is 7.90. The second-order valence-electron chi connectivity index (χ2n) is 9.05. The third kappa shape index (κ3) is 8.09. The average molecular weight is 588 g/mol. The predicted molar refractivity (Wildman–Crippen MR) is 159 cm³/mol. The van der Waals surface area contributed by atoms with Gasteiger partial charge in [-0.15, -0.1) is 0 Å². The first kappa shape index (κ1) is 30.7. The number of aryl methyl sites for hydroxylation is 3. The summed E-state index contributed by atoms with van der Waals surface area (Å²) in [6.07, 6.45) is 3.90. The van der Waals surface area contributed by atoms with E-state index >= 15 is 0 Å². The van der Waals surface area contributed by atoms with E-state index in [0.717, 1.165) is 22.0 Å². The van der Waals surface area contributed by atoms with Crippen LogP contribution in [0.1, 0.15) is 40.5 Å². The molecule has 12 heteroatoms. The Kier molecular flexibility index (Phi) is 10.7. The van der Waals surface area contributed by atoms with E-state index in [2.05, 4.69) is 25.3 Å². The second-order valence-corrected chi connectivity index (χ2v) is 11.3. The zero-order chi connectivity index (χ0) is 29.3. The number of carbonyl (C=O) groups excluding carboxylic acids is 2. The van der Waals surface area contributed by atoms with Gasteiger partial charge in [-0.3, -0.25) is 14.6 Å². The number of H-pyrrole nitrogens is 1. The van der Waals surface area contributed by atoms with E-state index in [1.165, 1.54) is 12.4 Å². The quantitative estimate of drug-likeness (QED) is 0.136. The third-order valence-electron chi connectivity index (χ3n) is 6.06. The standard InChI is InChI=1S/C28H34ClN5O5S/c1-5-31-17-24(30-4)27(35)32-12-14-40(37,38)34-28(36)26-22(21-9-6-7-11-23(21)33-26)10-8-13-39-20-15-18(2)25(29)19(3)16-20/h5-7,9,11,15-17,30,33H,8,10,12-14H2,1-4H3,(H,32,35)(H,34,36)/b24-17-,31-5-. The molecule has 3 aromatic rings. The van der Waals surface area contributed by atoms with Gasteiger partial charge in [-0.25, -0.2) is 13.1 Å². The fourth-order valence-electron chi connectivity index (χ4n) is 4.11. The highest BCUT2D eigenvalue weighted by atomic mass is 35.5. The lowest BCUT2D eigenvalue weighted by molar-refractivity contribution is -0.117. The Hall–Kier alpha value is -3.83. The molecule has 214 valence electrons. The Balaban J connectivity index is 1.65. The molecule has 1 aromatic heterocycles. The number of nitrogens with zero attached hydrogens (tertiary/aromatic N) is 1. The van der Waals surface area contributed by atoms with E-state index in [1.54, 1.807) is 14.0 Å². The van der Waals surface area contributed by atoms with Crippen molar-refractivity contribution in [1.29, 1.82) is 0 Å². The van der Waals surface area contributed by atoms with Crippen molar-refractivity contribution in [3.63, 3.8) is 0 Å². The number of rotatable bonds is 13. The lowest BCUT2D eigenvalue weighted by Gasteiger charge is -2.11. The van der Waals surface area contributed by atoms with E-state index < -0.39 is 27.6 Å². The van der Waals surface area contributed by atoms with E-state index in [9.17, 15) is 18.0 Å². The van der Waals surface area contributed by atoms with Crippen LogP contribution in [0.2, 0.25) is 5.02 Å². The molecule has 0 aliphatic heterocycles. The zero-order valence-electron chi connectivity index (χ0n) is 22.9. The maximum Gasteiger partial charge on any atom is 0.281 e. The van der Waals surface area contributed by atoms with Crippen molar-refractivity contribution < 1.29 is 22.7 Å². The first-order valence-corrected chi connectivity index (χ1v) is 14.8. The Morgan fingerprint density at radius 1 is 1.15 bits per heavy atom. The number of nitrogens with one attached hydrogen (secondary N) is 4. The van der Waals surface area contributed by atoms with Gasteiger partial charge in [-0.2, -0.15) is 0 Å².